The third kappa shape index (κ3) is 5.17. The van der Waals surface area contributed by atoms with Crippen LogP contribution < -0.4 is 15.6 Å². The Morgan fingerprint density at radius 3 is 2.52 bits per heavy atom. The molecule has 3 aromatic rings. The van der Waals surface area contributed by atoms with Gasteiger partial charge in [-0.2, -0.15) is 5.10 Å². The van der Waals surface area contributed by atoms with Gasteiger partial charge in [0, 0.05) is 25.2 Å². The molecule has 0 spiro atoms. The zero-order valence-corrected chi connectivity index (χ0v) is 17.5. The number of hydrogen-bond acceptors (Lipinski definition) is 6. The van der Waals surface area contributed by atoms with Crippen molar-refractivity contribution >= 4 is 33.0 Å². The minimum atomic E-state index is -3.78. The van der Waals surface area contributed by atoms with Gasteiger partial charge in [-0.3, -0.25) is 9.59 Å². The van der Waals surface area contributed by atoms with Crippen molar-refractivity contribution in [3.63, 3.8) is 0 Å². The highest BCUT2D eigenvalue weighted by Gasteiger charge is 2.17. The van der Waals surface area contributed by atoms with Crippen molar-refractivity contribution in [2.75, 3.05) is 11.9 Å². The molecule has 0 bridgehead atoms. The molecule has 0 aliphatic rings. The summed E-state index contributed by atoms with van der Waals surface area (Å²) in [6, 6.07) is 12.2. The van der Waals surface area contributed by atoms with Gasteiger partial charge in [0.2, 0.25) is 15.9 Å². The molecule has 1 aromatic carbocycles. The molecule has 3 rings (SSSR count). The van der Waals surface area contributed by atoms with Gasteiger partial charge in [-0.05, 0) is 48.7 Å². The van der Waals surface area contributed by atoms with Gasteiger partial charge in [0.05, 0.1) is 15.8 Å². The van der Waals surface area contributed by atoms with Crippen molar-refractivity contribution in [2.24, 2.45) is 0 Å². The smallest absolute Gasteiger partial charge is 0.267 e. The Balaban J connectivity index is 1.73. The Hall–Kier alpha value is -2.82. The maximum Gasteiger partial charge on any atom is 0.267 e. The molecule has 0 saturated heterocycles. The van der Waals surface area contributed by atoms with E-state index in [9.17, 15) is 18.0 Å². The van der Waals surface area contributed by atoms with Crippen LogP contribution >= 0.6 is 11.3 Å². The first-order valence-electron chi connectivity index (χ1n) is 8.77. The van der Waals surface area contributed by atoms with Crippen LogP contribution in [0.25, 0.3) is 10.6 Å². The van der Waals surface area contributed by atoms with E-state index in [-0.39, 0.29) is 22.9 Å². The summed E-state index contributed by atoms with van der Waals surface area (Å²) in [6.45, 7) is 3.09. The van der Waals surface area contributed by atoms with Crippen LogP contribution in [-0.2, 0) is 14.8 Å². The van der Waals surface area contributed by atoms with Crippen LogP contribution in [0.3, 0.4) is 0 Å². The minimum Gasteiger partial charge on any atom is -0.326 e. The number of thiophene rings is 1. The molecule has 1 amide bonds. The molecule has 29 heavy (non-hydrogen) atoms. The number of amides is 1. The number of carbonyl (C=O) groups excluding carboxylic acids is 1. The number of sulfonamides is 1. The number of rotatable bonds is 7. The Morgan fingerprint density at radius 1 is 1.17 bits per heavy atom. The van der Waals surface area contributed by atoms with Crippen LogP contribution in [0, 0.1) is 0 Å². The second kappa shape index (κ2) is 8.68. The molecule has 1 atom stereocenters. The number of benzene rings is 1. The lowest BCUT2D eigenvalue weighted by Crippen LogP contribution is -2.34. The fourth-order valence-corrected chi connectivity index (χ4v) is 4.43. The van der Waals surface area contributed by atoms with Gasteiger partial charge in [0.1, 0.15) is 5.69 Å². The summed E-state index contributed by atoms with van der Waals surface area (Å²) in [6.07, 6.45) is 0. The van der Waals surface area contributed by atoms with Gasteiger partial charge in [-0.15, -0.1) is 11.3 Å². The third-order valence-corrected chi connectivity index (χ3v) is 6.40. The van der Waals surface area contributed by atoms with Gasteiger partial charge in [-0.25, -0.2) is 17.8 Å². The zero-order chi connectivity index (χ0) is 21.0. The third-order valence-electron chi connectivity index (χ3n) is 4.07. The molecule has 2 heterocycles. The molecule has 1 unspecified atom stereocenters. The van der Waals surface area contributed by atoms with E-state index in [0.717, 1.165) is 4.88 Å². The molecule has 152 valence electrons. The predicted octanol–water partition coefficient (Wildman–Crippen LogP) is 2.47. The van der Waals surface area contributed by atoms with Crippen LogP contribution in [0.1, 0.15) is 19.9 Å². The first-order valence-corrected chi connectivity index (χ1v) is 11.1. The van der Waals surface area contributed by atoms with E-state index in [1.807, 2.05) is 17.5 Å². The quantitative estimate of drug-likeness (QED) is 0.596. The van der Waals surface area contributed by atoms with E-state index in [0.29, 0.717) is 11.4 Å². The van der Waals surface area contributed by atoms with Crippen molar-refractivity contribution in [1.29, 1.82) is 0 Å². The highest BCUT2D eigenvalue weighted by Crippen LogP contribution is 2.21. The molecule has 2 N–H and O–H groups in total. The summed E-state index contributed by atoms with van der Waals surface area (Å²) < 4.78 is 28.8. The zero-order valence-electron chi connectivity index (χ0n) is 15.8. The Labute approximate surface area is 172 Å². The maximum absolute atomic E-state index is 12.5. The van der Waals surface area contributed by atoms with Crippen molar-refractivity contribution in [2.45, 2.75) is 24.8 Å². The number of nitrogens with one attached hydrogen (secondary N) is 2. The normalized spacial score (nSPS) is 12.5. The highest BCUT2D eigenvalue weighted by molar-refractivity contribution is 7.89. The number of hydrogen-bond donors (Lipinski definition) is 2. The van der Waals surface area contributed by atoms with Crippen LogP contribution in [-0.4, -0.2) is 30.7 Å². The Kier molecular flexibility index (Phi) is 6.26. The first-order chi connectivity index (χ1) is 13.8. The van der Waals surface area contributed by atoms with E-state index in [2.05, 4.69) is 15.1 Å². The van der Waals surface area contributed by atoms with Crippen molar-refractivity contribution < 1.29 is 13.2 Å². The minimum absolute atomic E-state index is 0.00339. The van der Waals surface area contributed by atoms with Gasteiger partial charge < -0.3 is 5.32 Å². The molecule has 0 saturated carbocycles. The van der Waals surface area contributed by atoms with E-state index in [1.165, 1.54) is 53.3 Å². The van der Waals surface area contributed by atoms with E-state index >= 15 is 0 Å². The molecule has 0 aliphatic heterocycles. The summed E-state index contributed by atoms with van der Waals surface area (Å²) in [5.74, 6) is -0.240. The first kappa shape index (κ1) is 20.9. The standard InChI is InChI=1S/C19H20N4O4S2/c1-13(23-19(25)10-9-17(22-23)18-4-3-11-28-18)12-20-29(26,27)16-7-5-15(6-8-16)21-14(2)24/h3-11,13,20H,12H2,1-2H3,(H,21,24). The number of carbonyl (C=O) groups is 1. The van der Waals surface area contributed by atoms with Gasteiger partial charge in [0.25, 0.3) is 5.56 Å². The highest BCUT2D eigenvalue weighted by atomic mass is 32.2. The van der Waals surface area contributed by atoms with Gasteiger partial charge in [0.15, 0.2) is 0 Å². The average molecular weight is 433 g/mol. The number of anilines is 1. The topological polar surface area (TPSA) is 110 Å². The maximum atomic E-state index is 12.5. The van der Waals surface area contributed by atoms with Crippen LogP contribution in [0.2, 0.25) is 0 Å². The van der Waals surface area contributed by atoms with Crippen molar-refractivity contribution in [3.05, 3.63) is 64.3 Å². The molecular formula is C19H20N4O4S2. The van der Waals surface area contributed by atoms with E-state index < -0.39 is 16.1 Å². The summed E-state index contributed by atoms with van der Waals surface area (Å²) in [7, 11) is -3.78. The fraction of sp³-hybridized carbons (Fsp3) is 0.211. The molecule has 8 nitrogen and oxygen atoms in total. The second-order valence-corrected chi connectivity index (χ2v) is 9.10. The summed E-state index contributed by atoms with van der Waals surface area (Å²) in [5.41, 5.74) is 0.852. The Morgan fingerprint density at radius 2 is 1.90 bits per heavy atom. The number of nitrogens with zero attached hydrogens (tertiary/aromatic N) is 2. The second-order valence-electron chi connectivity index (χ2n) is 6.39. The summed E-state index contributed by atoms with van der Waals surface area (Å²) >= 11 is 1.51. The molecule has 0 fully saturated rings. The van der Waals surface area contributed by atoms with E-state index in [1.54, 1.807) is 13.0 Å². The lowest BCUT2D eigenvalue weighted by Gasteiger charge is -2.15. The van der Waals surface area contributed by atoms with Crippen LogP contribution in [0.4, 0.5) is 5.69 Å². The van der Waals surface area contributed by atoms with Crippen molar-refractivity contribution in [3.8, 4) is 10.6 Å². The Bertz CT molecular complexity index is 1150. The lowest BCUT2D eigenvalue weighted by atomic mass is 10.3. The monoisotopic (exact) mass is 432 g/mol. The predicted molar refractivity (Wildman–Crippen MR) is 112 cm³/mol. The van der Waals surface area contributed by atoms with Gasteiger partial charge >= 0.3 is 0 Å². The molecule has 0 aliphatic carbocycles. The van der Waals surface area contributed by atoms with Gasteiger partial charge in [-0.1, -0.05) is 6.07 Å². The largest absolute Gasteiger partial charge is 0.326 e. The fourth-order valence-electron chi connectivity index (χ4n) is 2.62. The van der Waals surface area contributed by atoms with Crippen LogP contribution in [0.15, 0.2) is 63.6 Å². The number of aromatic nitrogens is 2. The van der Waals surface area contributed by atoms with Crippen molar-refractivity contribution in [1.82, 2.24) is 14.5 Å². The van der Waals surface area contributed by atoms with Crippen LogP contribution in [0.5, 0.6) is 0 Å². The summed E-state index contributed by atoms with van der Waals surface area (Å²) in [4.78, 5) is 24.2. The average Bonchev–Trinajstić information content (AvgIpc) is 3.21. The summed E-state index contributed by atoms with van der Waals surface area (Å²) in [5, 5.41) is 8.86. The lowest BCUT2D eigenvalue weighted by molar-refractivity contribution is -0.114. The molecular weight excluding hydrogens is 412 g/mol. The molecule has 10 heteroatoms. The van der Waals surface area contributed by atoms with E-state index in [4.69, 9.17) is 0 Å². The molecule has 2 aromatic heterocycles. The molecule has 0 radical (unpaired) electrons. The SMILES string of the molecule is CC(=O)Nc1ccc(S(=O)(=O)NCC(C)n2nc(-c3cccs3)ccc2=O)cc1.